The van der Waals surface area contributed by atoms with Crippen LogP contribution in [0.25, 0.3) is 0 Å². The standard InChI is InChI=1S/C21H43N/c1-8-18(3)15-16-20(5)13-11-10-12-14-21(6)22(7)17-19(4)9-2/h18,20-21H,4,8-17H2,1-3,5-7H3. The smallest absolute Gasteiger partial charge is 0.0189 e. The first-order valence-electron chi connectivity index (χ1n) is 9.77. The van der Waals surface area contributed by atoms with Gasteiger partial charge in [0.2, 0.25) is 0 Å². The molecule has 0 saturated heterocycles. The minimum absolute atomic E-state index is 0.686. The van der Waals surface area contributed by atoms with Crippen LogP contribution in [0.4, 0.5) is 0 Å². The monoisotopic (exact) mass is 309 g/mol. The Balaban J connectivity index is 3.61. The van der Waals surface area contributed by atoms with Crippen molar-refractivity contribution in [2.24, 2.45) is 11.8 Å². The van der Waals surface area contributed by atoms with Crippen molar-refractivity contribution in [3.8, 4) is 0 Å². The Hall–Kier alpha value is -0.300. The Labute approximate surface area is 141 Å². The fourth-order valence-corrected chi connectivity index (χ4v) is 2.87. The highest BCUT2D eigenvalue weighted by atomic mass is 15.1. The average molecular weight is 310 g/mol. The first kappa shape index (κ1) is 21.7. The van der Waals surface area contributed by atoms with Crippen molar-refractivity contribution in [2.45, 2.75) is 98.4 Å². The van der Waals surface area contributed by atoms with Crippen LogP contribution in [-0.2, 0) is 0 Å². The molecule has 132 valence electrons. The molecule has 3 unspecified atom stereocenters. The number of hydrogen-bond donors (Lipinski definition) is 0. The van der Waals surface area contributed by atoms with E-state index in [4.69, 9.17) is 0 Å². The first-order chi connectivity index (χ1) is 10.4. The van der Waals surface area contributed by atoms with Gasteiger partial charge in [-0.05, 0) is 38.6 Å². The highest BCUT2D eigenvalue weighted by molar-refractivity contribution is 4.96. The van der Waals surface area contributed by atoms with Gasteiger partial charge in [-0.2, -0.15) is 0 Å². The normalized spacial score (nSPS) is 15.8. The zero-order chi connectivity index (χ0) is 17.0. The lowest BCUT2D eigenvalue weighted by molar-refractivity contribution is 0.257. The molecule has 0 saturated carbocycles. The third kappa shape index (κ3) is 11.3. The Morgan fingerprint density at radius 1 is 0.864 bits per heavy atom. The van der Waals surface area contributed by atoms with Gasteiger partial charge >= 0.3 is 0 Å². The van der Waals surface area contributed by atoms with Crippen molar-refractivity contribution in [1.29, 1.82) is 0 Å². The van der Waals surface area contributed by atoms with Gasteiger partial charge in [-0.1, -0.05) is 84.8 Å². The third-order valence-corrected chi connectivity index (χ3v) is 5.39. The van der Waals surface area contributed by atoms with E-state index in [0.717, 1.165) is 24.8 Å². The summed E-state index contributed by atoms with van der Waals surface area (Å²) in [6.07, 6.45) is 12.2. The number of hydrogen-bond acceptors (Lipinski definition) is 1. The Kier molecular flexibility index (Phi) is 13.0. The number of nitrogens with zero attached hydrogens (tertiary/aromatic N) is 1. The van der Waals surface area contributed by atoms with Crippen molar-refractivity contribution in [1.82, 2.24) is 4.90 Å². The van der Waals surface area contributed by atoms with Crippen LogP contribution in [0.15, 0.2) is 12.2 Å². The Morgan fingerprint density at radius 3 is 2.05 bits per heavy atom. The molecule has 0 aliphatic rings. The van der Waals surface area contributed by atoms with E-state index >= 15 is 0 Å². The molecular formula is C21H43N. The van der Waals surface area contributed by atoms with Crippen LogP contribution in [-0.4, -0.2) is 24.5 Å². The summed E-state index contributed by atoms with van der Waals surface area (Å²) in [6.45, 7) is 16.9. The second kappa shape index (κ2) is 13.2. The average Bonchev–Trinajstić information content (AvgIpc) is 2.51. The molecule has 0 aliphatic carbocycles. The van der Waals surface area contributed by atoms with Crippen LogP contribution in [0.5, 0.6) is 0 Å². The summed E-state index contributed by atoms with van der Waals surface area (Å²) in [5, 5.41) is 0. The third-order valence-electron chi connectivity index (χ3n) is 5.39. The number of likely N-dealkylation sites (N-methyl/N-ethyl adjacent to an activating group) is 1. The van der Waals surface area contributed by atoms with E-state index in [0.29, 0.717) is 6.04 Å². The van der Waals surface area contributed by atoms with Gasteiger partial charge in [0.25, 0.3) is 0 Å². The molecule has 0 bridgehead atoms. The summed E-state index contributed by atoms with van der Waals surface area (Å²) in [4.78, 5) is 2.46. The predicted octanol–water partition coefficient (Wildman–Crippen LogP) is 6.69. The van der Waals surface area contributed by atoms with Crippen molar-refractivity contribution < 1.29 is 0 Å². The topological polar surface area (TPSA) is 3.24 Å². The quantitative estimate of drug-likeness (QED) is 0.255. The summed E-state index contributed by atoms with van der Waals surface area (Å²) in [5.74, 6) is 1.83. The lowest BCUT2D eigenvalue weighted by Crippen LogP contribution is -2.30. The summed E-state index contributed by atoms with van der Waals surface area (Å²) in [7, 11) is 2.24. The maximum absolute atomic E-state index is 4.12. The van der Waals surface area contributed by atoms with E-state index in [9.17, 15) is 0 Å². The molecule has 0 spiro atoms. The summed E-state index contributed by atoms with van der Waals surface area (Å²) in [6, 6.07) is 0.686. The maximum Gasteiger partial charge on any atom is 0.0189 e. The lowest BCUT2D eigenvalue weighted by atomic mass is 9.92. The highest BCUT2D eigenvalue weighted by Crippen LogP contribution is 2.20. The fraction of sp³-hybridized carbons (Fsp3) is 0.905. The van der Waals surface area contributed by atoms with E-state index in [-0.39, 0.29) is 0 Å². The molecule has 0 rings (SSSR count). The van der Waals surface area contributed by atoms with E-state index in [1.165, 1.54) is 56.9 Å². The molecular weight excluding hydrogens is 266 g/mol. The fourth-order valence-electron chi connectivity index (χ4n) is 2.87. The van der Waals surface area contributed by atoms with Gasteiger partial charge in [-0.15, -0.1) is 0 Å². The van der Waals surface area contributed by atoms with Gasteiger partial charge in [0.1, 0.15) is 0 Å². The van der Waals surface area contributed by atoms with Crippen LogP contribution in [0.3, 0.4) is 0 Å². The van der Waals surface area contributed by atoms with Crippen molar-refractivity contribution in [2.75, 3.05) is 13.6 Å². The van der Waals surface area contributed by atoms with Crippen molar-refractivity contribution >= 4 is 0 Å². The SMILES string of the molecule is C=C(CC)CN(C)C(C)CCCCCC(C)CCC(C)CC. The number of unbranched alkanes of at least 4 members (excludes halogenated alkanes) is 2. The maximum atomic E-state index is 4.12. The van der Waals surface area contributed by atoms with Crippen LogP contribution in [0.2, 0.25) is 0 Å². The zero-order valence-corrected chi connectivity index (χ0v) is 16.5. The zero-order valence-electron chi connectivity index (χ0n) is 16.5. The van der Waals surface area contributed by atoms with Gasteiger partial charge in [-0.25, -0.2) is 0 Å². The van der Waals surface area contributed by atoms with Gasteiger partial charge < -0.3 is 0 Å². The molecule has 0 aromatic carbocycles. The largest absolute Gasteiger partial charge is 0.300 e. The van der Waals surface area contributed by atoms with Gasteiger partial charge in [0, 0.05) is 12.6 Å². The van der Waals surface area contributed by atoms with Gasteiger partial charge in [-0.3, -0.25) is 4.90 Å². The van der Waals surface area contributed by atoms with Crippen LogP contribution < -0.4 is 0 Å². The van der Waals surface area contributed by atoms with E-state index < -0.39 is 0 Å². The predicted molar refractivity (Wildman–Crippen MR) is 102 cm³/mol. The lowest BCUT2D eigenvalue weighted by Gasteiger charge is -2.25. The molecule has 0 N–H and O–H groups in total. The van der Waals surface area contributed by atoms with Crippen molar-refractivity contribution in [3.63, 3.8) is 0 Å². The highest BCUT2D eigenvalue weighted by Gasteiger charge is 2.10. The molecule has 0 fully saturated rings. The molecule has 0 amide bonds. The molecule has 1 heteroatoms. The second-order valence-corrected chi connectivity index (χ2v) is 7.70. The van der Waals surface area contributed by atoms with Crippen LogP contribution >= 0.6 is 0 Å². The summed E-state index contributed by atoms with van der Waals surface area (Å²) >= 11 is 0. The Bertz CT molecular complexity index is 271. The molecule has 0 aliphatic heterocycles. The molecule has 0 radical (unpaired) electrons. The summed E-state index contributed by atoms with van der Waals surface area (Å²) in [5.41, 5.74) is 1.35. The molecule has 0 aromatic heterocycles. The molecule has 0 aromatic rings. The second-order valence-electron chi connectivity index (χ2n) is 7.70. The van der Waals surface area contributed by atoms with Gasteiger partial charge in [0.15, 0.2) is 0 Å². The van der Waals surface area contributed by atoms with Crippen LogP contribution in [0, 0.1) is 11.8 Å². The minimum atomic E-state index is 0.686. The van der Waals surface area contributed by atoms with E-state index in [1.807, 2.05) is 0 Å². The van der Waals surface area contributed by atoms with Gasteiger partial charge in [0.05, 0.1) is 0 Å². The molecule has 3 atom stereocenters. The number of rotatable bonds is 14. The van der Waals surface area contributed by atoms with Crippen molar-refractivity contribution in [3.05, 3.63) is 12.2 Å². The molecule has 0 heterocycles. The van der Waals surface area contributed by atoms with E-state index in [1.54, 1.807) is 0 Å². The molecule has 1 nitrogen and oxygen atoms in total. The minimum Gasteiger partial charge on any atom is -0.300 e. The van der Waals surface area contributed by atoms with E-state index in [2.05, 4.69) is 53.1 Å². The van der Waals surface area contributed by atoms with Crippen LogP contribution in [0.1, 0.15) is 92.4 Å². The first-order valence-corrected chi connectivity index (χ1v) is 9.77. The molecule has 22 heavy (non-hydrogen) atoms. The Morgan fingerprint density at radius 2 is 1.45 bits per heavy atom. The summed E-state index contributed by atoms with van der Waals surface area (Å²) < 4.78 is 0.